The summed E-state index contributed by atoms with van der Waals surface area (Å²) >= 11 is 0. The van der Waals surface area contributed by atoms with Crippen molar-refractivity contribution in [3.63, 3.8) is 0 Å². The zero-order valence-corrected chi connectivity index (χ0v) is 21.0. The molecule has 1 aromatic rings. The molecule has 7 heteroatoms. The number of aromatic nitrogens is 2. The summed E-state index contributed by atoms with van der Waals surface area (Å²) in [5.41, 5.74) is 1.30. The van der Waals surface area contributed by atoms with Crippen molar-refractivity contribution in [1.29, 1.82) is 0 Å². The molecule has 0 unspecified atom stereocenters. The van der Waals surface area contributed by atoms with Gasteiger partial charge in [0.25, 0.3) is 0 Å². The lowest BCUT2D eigenvalue weighted by molar-refractivity contribution is -0.140. The van der Waals surface area contributed by atoms with E-state index in [1.807, 2.05) is 25.7 Å². The first-order valence-electron chi connectivity index (χ1n) is 11.3. The van der Waals surface area contributed by atoms with Crippen LogP contribution < -0.4 is 4.90 Å². The lowest BCUT2D eigenvalue weighted by Crippen LogP contribution is -2.61. The number of hydrogen-bond acceptors (Lipinski definition) is 5. The van der Waals surface area contributed by atoms with Crippen molar-refractivity contribution >= 4 is 18.0 Å². The first-order valence-corrected chi connectivity index (χ1v) is 11.3. The van der Waals surface area contributed by atoms with Crippen LogP contribution in [0.1, 0.15) is 79.5 Å². The summed E-state index contributed by atoms with van der Waals surface area (Å²) in [5, 5.41) is 4.89. The molecule has 1 aliphatic heterocycles. The second-order valence-electron chi connectivity index (χ2n) is 10.9. The third-order valence-corrected chi connectivity index (χ3v) is 6.44. The number of aryl methyl sites for hydroxylation is 1. The molecule has 7 nitrogen and oxygen atoms in total. The van der Waals surface area contributed by atoms with E-state index in [9.17, 15) is 9.59 Å². The molecular formula is C24H42N4O3. The fourth-order valence-electron chi connectivity index (χ4n) is 4.84. The van der Waals surface area contributed by atoms with Gasteiger partial charge in [0, 0.05) is 55.9 Å². The maximum absolute atomic E-state index is 11.6. The van der Waals surface area contributed by atoms with Gasteiger partial charge in [-0.05, 0) is 68.2 Å². The molecule has 1 spiro atoms. The predicted octanol–water partition coefficient (Wildman–Crippen LogP) is 4.00. The average Bonchev–Trinajstić information content (AvgIpc) is 2.92. The van der Waals surface area contributed by atoms with E-state index in [4.69, 9.17) is 9.84 Å². The molecule has 1 amide bonds. The minimum atomic E-state index is -0.245. The standard InChI is InChI=1S/C19H30N4O2.C5H12O/c1-6-22(18(4,5)8-15(3)25)17-7-14(2)23(20-17)16-9-19(10-16)11-21(12-19)13-24;1-5(2,3)6-4/h7,13,16H,6,8-12H2,1-5H3;1-4H3. The van der Waals surface area contributed by atoms with Crippen LogP contribution in [0.15, 0.2) is 6.07 Å². The van der Waals surface area contributed by atoms with Crippen molar-refractivity contribution < 1.29 is 14.3 Å². The third-order valence-electron chi connectivity index (χ3n) is 6.44. The predicted molar refractivity (Wildman–Crippen MR) is 124 cm³/mol. The molecule has 31 heavy (non-hydrogen) atoms. The first-order chi connectivity index (χ1) is 14.3. The Morgan fingerprint density at radius 2 is 1.84 bits per heavy atom. The van der Waals surface area contributed by atoms with E-state index in [1.54, 1.807) is 14.0 Å². The molecule has 0 atom stereocenters. The summed E-state index contributed by atoms with van der Waals surface area (Å²) in [5.74, 6) is 1.15. The maximum atomic E-state index is 11.6. The molecule has 2 fully saturated rings. The number of carbonyl (C=O) groups is 2. The van der Waals surface area contributed by atoms with Crippen LogP contribution >= 0.6 is 0 Å². The van der Waals surface area contributed by atoms with Gasteiger partial charge >= 0.3 is 0 Å². The Kier molecular flexibility index (Phi) is 7.62. The number of hydrogen-bond donors (Lipinski definition) is 0. The third kappa shape index (κ3) is 6.09. The molecule has 0 N–H and O–H groups in total. The van der Waals surface area contributed by atoms with Crippen molar-refractivity contribution in [2.24, 2.45) is 5.41 Å². The van der Waals surface area contributed by atoms with E-state index in [0.29, 0.717) is 17.9 Å². The minimum absolute atomic E-state index is 0.0417. The van der Waals surface area contributed by atoms with E-state index < -0.39 is 0 Å². The molecule has 2 heterocycles. The van der Waals surface area contributed by atoms with Crippen LogP contribution in [0.25, 0.3) is 0 Å². The van der Waals surface area contributed by atoms with Crippen LogP contribution in [-0.2, 0) is 14.3 Å². The quantitative estimate of drug-likeness (QED) is 0.607. The number of likely N-dealkylation sites (tertiary alicyclic amines) is 1. The molecule has 0 aromatic carbocycles. The van der Waals surface area contributed by atoms with Gasteiger partial charge in [-0.2, -0.15) is 5.10 Å². The topological polar surface area (TPSA) is 67.7 Å². The van der Waals surface area contributed by atoms with E-state index in [1.165, 1.54) is 5.69 Å². The number of ketones is 1. The molecule has 0 radical (unpaired) electrons. The molecule has 1 saturated carbocycles. The molecule has 2 aliphatic rings. The fraction of sp³-hybridized carbons (Fsp3) is 0.792. The average molecular weight is 435 g/mol. The Labute approximate surface area is 188 Å². The SMILES string of the molecule is CCN(c1cc(C)n(C2CC3(C2)CN(C=O)C3)n1)C(C)(C)CC(C)=O.COC(C)(C)C. The normalized spacial score (nSPS) is 18.0. The van der Waals surface area contributed by atoms with Gasteiger partial charge in [0.2, 0.25) is 6.41 Å². The van der Waals surface area contributed by atoms with Crippen molar-refractivity contribution in [2.75, 3.05) is 31.6 Å². The molecule has 1 aromatic heterocycles. The number of carbonyl (C=O) groups excluding carboxylic acids is 2. The highest BCUT2D eigenvalue weighted by atomic mass is 16.5. The van der Waals surface area contributed by atoms with Crippen LogP contribution in [0.5, 0.6) is 0 Å². The van der Waals surface area contributed by atoms with Crippen LogP contribution in [0.4, 0.5) is 5.82 Å². The molecule has 3 rings (SSSR count). The van der Waals surface area contributed by atoms with Crippen LogP contribution in [0.3, 0.4) is 0 Å². The Bertz CT molecular complexity index is 764. The van der Waals surface area contributed by atoms with Gasteiger partial charge in [-0.3, -0.25) is 14.3 Å². The second-order valence-corrected chi connectivity index (χ2v) is 10.9. The zero-order valence-electron chi connectivity index (χ0n) is 21.0. The van der Waals surface area contributed by atoms with Crippen LogP contribution in [0.2, 0.25) is 0 Å². The van der Waals surface area contributed by atoms with Crippen molar-refractivity contribution in [1.82, 2.24) is 14.7 Å². The number of rotatable bonds is 7. The highest BCUT2D eigenvalue weighted by Gasteiger charge is 2.53. The fourth-order valence-corrected chi connectivity index (χ4v) is 4.84. The van der Waals surface area contributed by atoms with Gasteiger partial charge in [0.15, 0.2) is 5.82 Å². The summed E-state index contributed by atoms with van der Waals surface area (Å²) in [6.07, 6.45) is 3.66. The van der Waals surface area contributed by atoms with Gasteiger partial charge in [0.05, 0.1) is 11.6 Å². The number of Topliss-reactive ketones (excluding diaryl/α,β-unsaturated/α-hetero) is 1. The number of nitrogens with zero attached hydrogens (tertiary/aromatic N) is 4. The summed E-state index contributed by atoms with van der Waals surface area (Å²) in [7, 11) is 1.71. The highest BCUT2D eigenvalue weighted by Crippen LogP contribution is 2.54. The van der Waals surface area contributed by atoms with Gasteiger partial charge in [-0.25, -0.2) is 0 Å². The Morgan fingerprint density at radius 3 is 2.26 bits per heavy atom. The van der Waals surface area contributed by atoms with E-state index >= 15 is 0 Å². The number of ether oxygens (including phenoxy) is 1. The number of amides is 1. The first kappa shape index (κ1) is 25.4. The number of methoxy groups -OCH3 is 1. The van der Waals surface area contributed by atoms with Crippen molar-refractivity contribution in [3.05, 3.63) is 11.8 Å². The Balaban J connectivity index is 0.000000501. The molecule has 176 valence electrons. The molecular weight excluding hydrogens is 392 g/mol. The highest BCUT2D eigenvalue weighted by molar-refractivity contribution is 5.77. The van der Waals surface area contributed by atoms with E-state index in [0.717, 1.165) is 44.7 Å². The minimum Gasteiger partial charge on any atom is -0.379 e. The Morgan fingerprint density at radius 1 is 1.29 bits per heavy atom. The van der Waals surface area contributed by atoms with Gasteiger partial charge < -0.3 is 14.5 Å². The lowest BCUT2D eigenvalue weighted by atomic mass is 9.61. The van der Waals surface area contributed by atoms with Gasteiger partial charge in [-0.1, -0.05) is 0 Å². The van der Waals surface area contributed by atoms with Crippen molar-refractivity contribution in [2.45, 2.75) is 91.8 Å². The smallest absolute Gasteiger partial charge is 0.209 e. The lowest BCUT2D eigenvalue weighted by Gasteiger charge is -2.58. The summed E-state index contributed by atoms with van der Waals surface area (Å²) in [6.45, 7) is 18.7. The van der Waals surface area contributed by atoms with E-state index in [-0.39, 0.29) is 16.9 Å². The second kappa shape index (κ2) is 9.31. The number of anilines is 1. The van der Waals surface area contributed by atoms with Gasteiger partial charge in [0.1, 0.15) is 5.78 Å². The van der Waals surface area contributed by atoms with Gasteiger partial charge in [-0.15, -0.1) is 0 Å². The molecule has 1 aliphatic carbocycles. The molecule has 0 bridgehead atoms. The summed E-state index contributed by atoms with van der Waals surface area (Å²) < 4.78 is 7.09. The van der Waals surface area contributed by atoms with Crippen LogP contribution in [-0.4, -0.2) is 64.8 Å². The largest absolute Gasteiger partial charge is 0.379 e. The maximum Gasteiger partial charge on any atom is 0.209 e. The Hall–Kier alpha value is -1.89. The monoisotopic (exact) mass is 434 g/mol. The van der Waals surface area contributed by atoms with E-state index in [2.05, 4.69) is 43.3 Å². The summed E-state index contributed by atoms with van der Waals surface area (Å²) in [4.78, 5) is 26.5. The summed E-state index contributed by atoms with van der Waals surface area (Å²) in [6, 6.07) is 2.56. The van der Waals surface area contributed by atoms with Crippen LogP contribution in [0, 0.1) is 12.3 Å². The molecule has 1 saturated heterocycles. The zero-order chi connectivity index (χ0) is 23.6. The van der Waals surface area contributed by atoms with Crippen molar-refractivity contribution in [3.8, 4) is 0 Å².